The lowest BCUT2D eigenvalue weighted by molar-refractivity contribution is 0.234. The van der Waals surface area contributed by atoms with E-state index in [-0.39, 0.29) is 5.82 Å². The summed E-state index contributed by atoms with van der Waals surface area (Å²) in [5, 5.41) is 0. The van der Waals surface area contributed by atoms with E-state index in [1.807, 2.05) is 22.6 Å². The third kappa shape index (κ3) is 3.73. The zero-order valence-electron chi connectivity index (χ0n) is 10.4. The van der Waals surface area contributed by atoms with Crippen LogP contribution in [-0.4, -0.2) is 6.61 Å². The normalized spacial score (nSPS) is 17.4. The minimum Gasteiger partial charge on any atom is -0.491 e. The van der Waals surface area contributed by atoms with Gasteiger partial charge in [0.15, 0.2) is 0 Å². The van der Waals surface area contributed by atoms with Gasteiger partial charge in [-0.15, -0.1) is 0 Å². The molecule has 0 radical (unpaired) electrons. The second kappa shape index (κ2) is 6.59. The van der Waals surface area contributed by atoms with Gasteiger partial charge in [0.25, 0.3) is 0 Å². The molecule has 18 heavy (non-hydrogen) atoms. The van der Waals surface area contributed by atoms with Crippen molar-refractivity contribution in [3.63, 3.8) is 0 Å². The van der Waals surface area contributed by atoms with Crippen molar-refractivity contribution in [2.24, 2.45) is 5.92 Å². The zero-order chi connectivity index (χ0) is 13.0. The predicted octanol–water partition coefficient (Wildman–Crippen LogP) is 4.36. The van der Waals surface area contributed by atoms with Crippen molar-refractivity contribution in [3.8, 4) is 5.75 Å². The van der Waals surface area contributed by atoms with E-state index in [1.165, 1.54) is 44.6 Å². The smallest absolute Gasteiger partial charge is 0.145 e. The summed E-state index contributed by atoms with van der Waals surface area (Å²) >= 11 is 1.93. The Balaban J connectivity index is 1.94. The molecule has 0 unspecified atom stereocenters. The average molecular weight is 363 g/mol. The number of nitrogens with two attached hydrogens (primary N) is 1. The highest BCUT2D eigenvalue weighted by atomic mass is 127. The number of nitrogen functional groups attached to an aromatic ring is 1. The molecule has 0 saturated heterocycles. The van der Waals surface area contributed by atoms with Crippen molar-refractivity contribution in [1.82, 2.24) is 0 Å². The molecule has 0 amide bonds. The lowest BCUT2D eigenvalue weighted by atomic mass is 10.0. The molecule has 2 rings (SSSR count). The van der Waals surface area contributed by atoms with Gasteiger partial charge in [0.1, 0.15) is 11.6 Å². The Morgan fingerprint density at radius 3 is 2.56 bits per heavy atom. The van der Waals surface area contributed by atoms with E-state index < -0.39 is 0 Å². The fourth-order valence-electron chi connectivity index (χ4n) is 2.41. The molecule has 1 aliphatic rings. The van der Waals surface area contributed by atoms with E-state index in [9.17, 15) is 4.39 Å². The molecule has 1 aromatic carbocycles. The Morgan fingerprint density at radius 2 is 1.89 bits per heavy atom. The molecule has 2 N–H and O–H groups in total. The number of ether oxygens (including phenoxy) is 1. The van der Waals surface area contributed by atoms with Crippen molar-refractivity contribution in [2.75, 3.05) is 12.3 Å². The van der Waals surface area contributed by atoms with Crippen molar-refractivity contribution in [2.45, 2.75) is 38.5 Å². The Bertz CT molecular complexity index is 403. The molecule has 100 valence electrons. The summed E-state index contributed by atoms with van der Waals surface area (Å²) < 4.78 is 19.7. The van der Waals surface area contributed by atoms with E-state index in [2.05, 4.69) is 0 Å². The number of anilines is 1. The molecular weight excluding hydrogens is 344 g/mol. The SMILES string of the molecule is Nc1cc(I)c(F)cc1OCC1CCCCCC1. The highest BCUT2D eigenvalue weighted by Gasteiger charge is 2.14. The van der Waals surface area contributed by atoms with E-state index in [0.717, 1.165) is 0 Å². The second-order valence-corrected chi connectivity index (χ2v) is 6.13. The standard InChI is InChI=1S/C14H19FINO/c15-11-7-14(13(17)8-12(11)16)18-9-10-5-3-1-2-4-6-10/h7-8,10H,1-6,9,17H2. The van der Waals surface area contributed by atoms with Crippen LogP contribution < -0.4 is 10.5 Å². The van der Waals surface area contributed by atoms with Gasteiger partial charge in [-0.25, -0.2) is 4.39 Å². The molecule has 0 aliphatic heterocycles. The maximum absolute atomic E-state index is 13.4. The first-order valence-corrected chi connectivity index (χ1v) is 7.62. The first kappa shape index (κ1) is 13.9. The first-order valence-electron chi connectivity index (χ1n) is 6.54. The monoisotopic (exact) mass is 363 g/mol. The first-order chi connectivity index (χ1) is 8.66. The maximum Gasteiger partial charge on any atom is 0.145 e. The molecule has 1 aromatic rings. The Kier molecular flexibility index (Phi) is 5.09. The molecule has 4 heteroatoms. The Morgan fingerprint density at radius 1 is 1.22 bits per heavy atom. The molecule has 1 saturated carbocycles. The van der Waals surface area contributed by atoms with Gasteiger partial charge in [0.2, 0.25) is 0 Å². The van der Waals surface area contributed by atoms with E-state index >= 15 is 0 Å². The van der Waals surface area contributed by atoms with Crippen LogP contribution in [0.15, 0.2) is 12.1 Å². The fourth-order valence-corrected chi connectivity index (χ4v) is 2.90. The van der Waals surface area contributed by atoms with Crippen molar-refractivity contribution in [3.05, 3.63) is 21.5 Å². The van der Waals surface area contributed by atoms with Gasteiger partial charge >= 0.3 is 0 Å². The molecule has 1 aliphatic carbocycles. The van der Waals surface area contributed by atoms with Gasteiger partial charge in [-0.1, -0.05) is 25.7 Å². The summed E-state index contributed by atoms with van der Waals surface area (Å²) in [6.45, 7) is 0.657. The number of hydrogen-bond acceptors (Lipinski definition) is 2. The number of halogens is 2. The summed E-state index contributed by atoms with van der Waals surface area (Å²) in [7, 11) is 0. The highest BCUT2D eigenvalue weighted by Crippen LogP contribution is 2.28. The van der Waals surface area contributed by atoms with Crippen molar-refractivity contribution < 1.29 is 9.13 Å². The van der Waals surface area contributed by atoms with Crippen LogP contribution in [0.3, 0.4) is 0 Å². The maximum atomic E-state index is 13.4. The van der Waals surface area contributed by atoms with Crippen LogP contribution in [0.2, 0.25) is 0 Å². The van der Waals surface area contributed by atoms with Crippen LogP contribution in [-0.2, 0) is 0 Å². The molecular formula is C14H19FINO. The topological polar surface area (TPSA) is 35.2 Å². The highest BCUT2D eigenvalue weighted by molar-refractivity contribution is 14.1. The van der Waals surface area contributed by atoms with Crippen molar-refractivity contribution >= 4 is 28.3 Å². The summed E-state index contributed by atoms with van der Waals surface area (Å²) in [5.74, 6) is 0.812. The number of hydrogen-bond donors (Lipinski definition) is 1. The fraction of sp³-hybridized carbons (Fsp3) is 0.571. The van der Waals surface area contributed by atoms with Gasteiger partial charge in [-0.3, -0.25) is 0 Å². The minimum absolute atomic E-state index is 0.263. The zero-order valence-corrected chi connectivity index (χ0v) is 12.6. The van der Waals surface area contributed by atoms with Gasteiger partial charge in [-0.05, 0) is 47.4 Å². The number of benzene rings is 1. The molecule has 1 fully saturated rings. The molecule has 0 heterocycles. The Hall–Kier alpha value is -0.520. The minimum atomic E-state index is -0.263. The molecule has 0 aromatic heterocycles. The predicted molar refractivity (Wildman–Crippen MR) is 80.2 cm³/mol. The van der Waals surface area contributed by atoms with Crippen molar-refractivity contribution in [1.29, 1.82) is 0 Å². The lowest BCUT2D eigenvalue weighted by Crippen LogP contribution is -2.12. The van der Waals surface area contributed by atoms with Gasteiger partial charge in [0.05, 0.1) is 15.9 Å². The van der Waals surface area contributed by atoms with Gasteiger partial charge in [0, 0.05) is 6.07 Å². The van der Waals surface area contributed by atoms with E-state index in [1.54, 1.807) is 6.07 Å². The quantitative estimate of drug-likeness (QED) is 0.492. The van der Waals surface area contributed by atoms with Crippen LogP contribution >= 0.6 is 22.6 Å². The Labute approximate surface area is 121 Å². The largest absolute Gasteiger partial charge is 0.491 e. The van der Waals surface area contributed by atoms with Gasteiger partial charge in [-0.2, -0.15) is 0 Å². The summed E-state index contributed by atoms with van der Waals surface area (Å²) in [5.41, 5.74) is 6.36. The average Bonchev–Trinajstić information content (AvgIpc) is 2.60. The van der Waals surface area contributed by atoms with Crippen LogP contribution in [0.5, 0.6) is 5.75 Å². The lowest BCUT2D eigenvalue weighted by Gasteiger charge is -2.16. The van der Waals surface area contributed by atoms with Crippen LogP contribution in [0.1, 0.15) is 38.5 Å². The van der Waals surface area contributed by atoms with Crippen LogP contribution in [0, 0.1) is 15.3 Å². The molecule has 2 nitrogen and oxygen atoms in total. The second-order valence-electron chi connectivity index (χ2n) is 4.97. The summed E-state index contributed by atoms with van der Waals surface area (Å²) in [6.07, 6.45) is 7.65. The third-order valence-corrected chi connectivity index (χ3v) is 4.33. The van der Waals surface area contributed by atoms with Crippen LogP contribution in [0.4, 0.5) is 10.1 Å². The van der Waals surface area contributed by atoms with Crippen LogP contribution in [0.25, 0.3) is 0 Å². The van der Waals surface area contributed by atoms with E-state index in [4.69, 9.17) is 10.5 Å². The van der Waals surface area contributed by atoms with Gasteiger partial charge < -0.3 is 10.5 Å². The summed E-state index contributed by atoms with van der Waals surface area (Å²) in [6, 6.07) is 3.02. The molecule has 0 bridgehead atoms. The number of rotatable bonds is 3. The third-order valence-electron chi connectivity index (χ3n) is 3.50. The molecule has 0 spiro atoms. The summed E-state index contributed by atoms with van der Waals surface area (Å²) in [4.78, 5) is 0. The van der Waals surface area contributed by atoms with E-state index in [0.29, 0.717) is 27.5 Å². The molecule has 0 atom stereocenters.